The first kappa shape index (κ1) is 11.9. The van der Waals surface area contributed by atoms with Crippen LogP contribution in [0, 0.1) is 5.41 Å². The third-order valence-corrected chi connectivity index (χ3v) is 1.89. The smallest absolute Gasteiger partial charge is 0.0667 e. The van der Waals surface area contributed by atoms with Gasteiger partial charge in [-0.15, -0.1) is 0 Å². The number of nitrogens with one attached hydrogen (secondary N) is 1. The van der Waals surface area contributed by atoms with Crippen LogP contribution in [0.5, 0.6) is 0 Å². The van der Waals surface area contributed by atoms with Crippen LogP contribution in [0.1, 0.15) is 34.1 Å². The molecule has 0 aliphatic carbocycles. The number of ether oxygens (including phenoxy) is 1. The van der Waals surface area contributed by atoms with Crippen LogP contribution in [-0.4, -0.2) is 26.3 Å². The highest BCUT2D eigenvalue weighted by molar-refractivity contribution is 4.64. The lowest BCUT2D eigenvalue weighted by Gasteiger charge is -2.19. The summed E-state index contributed by atoms with van der Waals surface area (Å²) in [6.45, 7) is 10.9. The van der Waals surface area contributed by atoms with Gasteiger partial charge in [0, 0.05) is 13.7 Å². The zero-order chi connectivity index (χ0) is 9.61. The topological polar surface area (TPSA) is 21.3 Å². The minimum Gasteiger partial charge on any atom is -0.380 e. The molecule has 0 spiro atoms. The van der Waals surface area contributed by atoms with E-state index in [4.69, 9.17) is 4.74 Å². The van der Waals surface area contributed by atoms with E-state index < -0.39 is 0 Å². The summed E-state index contributed by atoms with van der Waals surface area (Å²) in [6.07, 6.45) is 1.54. The molecule has 12 heavy (non-hydrogen) atoms. The van der Waals surface area contributed by atoms with Gasteiger partial charge in [-0.05, 0) is 25.3 Å². The van der Waals surface area contributed by atoms with Crippen LogP contribution in [0.25, 0.3) is 0 Å². The van der Waals surface area contributed by atoms with Crippen molar-refractivity contribution in [3.05, 3.63) is 0 Å². The van der Waals surface area contributed by atoms with Gasteiger partial charge in [-0.3, -0.25) is 0 Å². The fourth-order valence-electron chi connectivity index (χ4n) is 0.852. The third kappa shape index (κ3) is 8.02. The third-order valence-electron chi connectivity index (χ3n) is 1.89. The van der Waals surface area contributed by atoms with E-state index in [9.17, 15) is 0 Å². The van der Waals surface area contributed by atoms with E-state index >= 15 is 0 Å². The number of hydrogen-bond donors (Lipinski definition) is 1. The molecule has 0 aliphatic rings. The number of hydrogen-bond acceptors (Lipinski definition) is 2. The zero-order valence-electron chi connectivity index (χ0n) is 9.11. The van der Waals surface area contributed by atoms with E-state index in [1.54, 1.807) is 7.11 Å². The van der Waals surface area contributed by atoms with Gasteiger partial charge in [0.2, 0.25) is 0 Å². The monoisotopic (exact) mass is 173 g/mol. The Morgan fingerprint density at radius 3 is 2.33 bits per heavy atom. The molecule has 0 heterocycles. The van der Waals surface area contributed by atoms with Gasteiger partial charge in [0.25, 0.3) is 0 Å². The average Bonchev–Trinajstić information content (AvgIpc) is 1.96. The maximum atomic E-state index is 5.12. The van der Waals surface area contributed by atoms with Crippen molar-refractivity contribution in [1.29, 1.82) is 0 Å². The molecule has 74 valence electrons. The van der Waals surface area contributed by atoms with Gasteiger partial charge in [0.05, 0.1) is 6.10 Å². The minimum absolute atomic E-state index is 0.324. The first-order valence-electron chi connectivity index (χ1n) is 4.69. The van der Waals surface area contributed by atoms with Gasteiger partial charge in [-0.2, -0.15) is 0 Å². The van der Waals surface area contributed by atoms with Crippen molar-refractivity contribution < 1.29 is 4.74 Å². The van der Waals surface area contributed by atoms with Crippen molar-refractivity contribution >= 4 is 0 Å². The van der Waals surface area contributed by atoms with E-state index in [0.717, 1.165) is 13.1 Å². The van der Waals surface area contributed by atoms with Crippen LogP contribution in [-0.2, 0) is 4.74 Å². The Morgan fingerprint density at radius 2 is 1.92 bits per heavy atom. The SMILES string of the molecule is COC(C)CNCCC(C)(C)C. The minimum atomic E-state index is 0.324. The summed E-state index contributed by atoms with van der Waals surface area (Å²) in [5, 5.41) is 3.37. The first-order valence-corrected chi connectivity index (χ1v) is 4.69. The predicted octanol–water partition coefficient (Wildman–Crippen LogP) is 2.05. The molecule has 2 nitrogen and oxygen atoms in total. The number of rotatable bonds is 5. The molecule has 1 unspecified atom stereocenters. The van der Waals surface area contributed by atoms with Gasteiger partial charge in [0.1, 0.15) is 0 Å². The Kier molecular flexibility index (Phi) is 5.51. The molecule has 0 rings (SSSR count). The molecule has 0 radical (unpaired) electrons. The lowest BCUT2D eigenvalue weighted by atomic mass is 9.92. The van der Waals surface area contributed by atoms with Crippen molar-refractivity contribution in [3.8, 4) is 0 Å². The molecule has 0 amide bonds. The number of methoxy groups -OCH3 is 1. The molecule has 0 fully saturated rings. The summed E-state index contributed by atoms with van der Waals surface area (Å²) in [4.78, 5) is 0. The first-order chi connectivity index (χ1) is 5.45. The standard InChI is InChI=1S/C10H23NO/c1-9(12-5)8-11-7-6-10(2,3)4/h9,11H,6-8H2,1-5H3. The normalized spacial score (nSPS) is 14.8. The Morgan fingerprint density at radius 1 is 1.33 bits per heavy atom. The van der Waals surface area contributed by atoms with Crippen molar-refractivity contribution in [2.75, 3.05) is 20.2 Å². The van der Waals surface area contributed by atoms with Crippen molar-refractivity contribution in [2.45, 2.75) is 40.2 Å². The predicted molar refractivity (Wildman–Crippen MR) is 53.4 cm³/mol. The summed E-state index contributed by atoms with van der Waals surface area (Å²) in [5.74, 6) is 0. The van der Waals surface area contributed by atoms with Crippen molar-refractivity contribution in [3.63, 3.8) is 0 Å². The molecule has 0 aromatic carbocycles. The molecule has 0 aromatic rings. The lowest BCUT2D eigenvalue weighted by Crippen LogP contribution is -2.28. The molecular weight excluding hydrogens is 150 g/mol. The largest absolute Gasteiger partial charge is 0.380 e. The summed E-state index contributed by atoms with van der Waals surface area (Å²) in [6, 6.07) is 0. The molecular formula is C10H23NO. The van der Waals surface area contributed by atoms with Crippen molar-refractivity contribution in [1.82, 2.24) is 5.32 Å². The van der Waals surface area contributed by atoms with Crippen LogP contribution in [0.15, 0.2) is 0 Å². The van der Waals surface area contributed by atoms with Gasteiger partial charge >= 0.3 is 0 Å². The summed E-state index contributed by atoms with van der Waals surface area (Å²) < 4.78 is 5.12. The Labute approximate surface area is 76.7 Å². The molecule has 0 saturated carbocycles. The van der Waals surface area contributed by atoms with Crippen LogP contribution < -0.4 is 5.32 Å². The highest BCUT2D eigenvalue weighted by Crippen LogP contribution is 2.16. The lowest BCUT2D eigenvalue weighted by molar-refractivity contribution is 0.116. The summed E-state index contributed by atoms with van der Waals surface area (Å²) >= 11 is 0. The second-order valence-corrected chi connectivity index (χ2v) is 4.56. The maximum Gasteiger partial charge on any atom is 0.0667 e. The van der Waals surface area contributed by atoms with Crippen LogP contribution >= 0.6 is 0 Å². The fraction of sp³-hybridized carbons (Fsp3) is 1.00. The van der Waals surface area contributed by atoms with E-state index in [1.807, 2.05) is 0 Å². The van der Waals surface area contributed by atoms with E-state index in [1.165, 1.54) is 6.42 Å². The average molecular weight is 173 g/mol. The van der Waals surface area contributed by atoms with Crippen LogP contribution in [0.3, 0.4) is 0 Å². The molecule has 1 atom stereocenters. The summed E-state index contributed by atoms with van der Waals surface area (Å²) in [7, 11) is 1.75. The van der Waals surface area contributed by atoms with Gasteiger partial charge in [-0.1, -0.05) is 20.8 Å². The Bertz CT molecular complexity index is 107. The highest BCUT2D eigenvalue weighted by atomic mass is 16.5. The van der Waals surface area contributed by atoms with Crippen LogP contribution in [0.2, 0.25) is 0 Å². The second-order valence-electron chi connectivity index (χ2n) is 4.56. The van der Waals surface area contributed by atoms with E-state index in [2.05, 4.69) is 33.0 Å². The fourth-order valence-corrected chi connectivity index (χ4v) is 0.852. The van der Waals surface area contributed by atoms with Crippen molar-refractivity contribution in [2.24, 2.45) is 5.41 Å². The summed E-state index contributed by atoms with van der Waals surface area (Å²) in [5.41, 5.74) is 0.434. The maximum absolute atomic E-state index is 5.12. The molecule has 0 aromatic heterocycles. The molecule has 2 heteroatoms. The second kappa shape index (κ2) is 5.55. The van der Waals surface area contributed by atoms with Gasteiger partial charge < -0.3 is 10.1 Å². The van der Waals surface area contributed by atoms with Gasteiger partial charge in [-0.25, -0.2) is 0 Å². The highest BCUT2D eigenvalue weighted by Gasteiger charge is 2.08. The molecule has 0 bridgehead atoms. The van der Waals surface area contributed by atoms with Crippen LogP contribution in [0.4, 0.5) is 0 Å². The Balaban J connectivity index is 3.22. The van der Waals surface area contributed by atoms with E-state index in [-0.39, 0.29) is 0 Å². The molecule has 0 aliphatic heterocycles. The van der Waals surface area contributed by atoms with E-state index in [0.29, 0.717) is 11.5 Å². The molecule has 1 N–H and O–H groups in total. The van der Waals surface area contributed by atoms with Gasteiger partial charge in [0.15, 0.2) is 0 Å². The zero-order valence-corrected chi connectivity index (χ0v) is 9.11. The molecule has 0 saturated heterocycles. The quantitative estimate of drug-likeness (QED) is 0.642. The Hall–Kier alpha value is -0.0800.